The van der Waals surface area contributed by atoms with Gasteiger partial charge in [0, 0.05) is 0 Å². The van der Waals surface area contributed by atoms with Crippen molar-refractivity contribution in [3.63, 3.8) is 0 Å². The fourth-order valence-electron chi connectivity index (χ4n) is 6.24. The van der Waals surface area contributed by atoms with Crippen LogP contribution in [0.3, 0.4) is 0 Å². The Morgan fingerprint density at radius 2 is 1.13 bits per heavy atom. The van der Waals surface area contributed by atoms with E-state index in [1.807, 2.05) is 13.8 Å². The van der Waals surface area contributed by atoms with Crippen LogP contribution in [0.15, 0.2) is 169 Å². The molecule has 5 aromatic carbocycles. The lowest BCUT2D eigenvalue weighted by molar-refractivity contribution is 1.15. The smallest absolute Gasteiger partial charge is 0.00299 e. The van der Waals surface area contributed by atoms with Gasteiger partial charge in [-0.3, -0.25) is 0 Å². The molecule has 0 bridgehead atoms. The monoisotopic (exact) mass is 680 g/mol. The number of benzene rings is 5. The van der Waals surface area contributed by atoms with E-state index < -0.39 is 0 Å². The van der Waals surface area contributed by atoms with Crippen LogP contribution in [-0.2, 0) is 6.42 Å². The molecule has 0 amide bonds. The van der Waals surface area contributed by atoms with E-state index in [1.165, 1.54) is 82.5 Å². The highest BCUT2D eigenvalue weighted by molar-refractivity contribution is 6.06. The van der Waals surface area contributed by atoms with Gasteiger partial charge in [-0.1, -0.05) is 173 Å². The first-order chi connectivity index (χ1) is 25.3. The van der Waals surface area contributed by atoms with Gasteiger partial charge in [-0.15, -0.1) is 0 Å². The van der Waals surface area contributed by atoms with Crippen molar-refractivity contribution in [3.8, 4) is 0 Å². The SMILES string of the molecule is C/C=C/C=c1/cccc/c1=C(/C(=C/C)c1ccc2cc(CC)ccc2c1)c1cccc(/C(C)=C/C=C(C)/C(C)=C/C=C(\C)c2ccccc2)c1.CC. The molecule has 264 valence electrons. The molecule has 0 nitrogen and oxygen atoms in total. The minimum absolute atomic E-state index is 1.04. The molecule has 5 rings (SSSR count). The lowest BCUT2D eigenvalue weighted by atomic mass is 9.87. The minimum atomic E-state index is 1.04. The molecule has 0 radical (unpaired) electrons. The lowest BCUT2D eigenvalue weighted by Crippen LogP contribution is -2.27. The third kappa shape index (κ3) is 10.1. The Balaban J connectivity index is 0.00000297. The Morgan fingerprint density at radius 3 is 1.81 bits per heavy atom. The summed E-state index contributed by atoms with van der Waals surface area (Å²) in [6.07, 6.45) is 18.6. The van der Waals surface area contributed by atoms with Crippen LogP contribution in [0.1, 0.15) is 90.1 Å². The van der Waals surface area contributed by atoms with Crippen LogP contribution in [0, 0.1) is 0 Å². The van der Waals surface area contributed by atoms with Gasteiger partial charge in [-0.25, -0.2) is 0 Å². The molecule has 0 heterocycles. The van der Waals surface area contributed by atoms with Crippen molar-refractivity contribution < 1.29 is 0 Å². The summed E-state index contributed by atoms with van der Waals surface area (Å²) in [6.45, 7) is 19.2. The first kappa shape index (κ1) is 39.3. The van der Waals surface area contributed by atoms with Gasteiger partial charge in [0.2, 0.25) is 0 Å². The minimum Gasteiger partial charge on any atom is -0.0876 e. The maximum Gasteiger partial charge on any atom is -0.00299 e. The molecule has 0 saturated heterocycles. The fourth-order valence-corrected chi connectivity index (χ4v) is 6.24. The fraction of sp³-hybridized carbons (Fsp3) is 0.192. The molecule has 5 aromatic rings. The largest absolute Gasteiger partial charge is 0.0876 e. The van der Waals surface area contributed by atoms with Crippen LogP contribution in [-0.4, -0.2) is 0 Å². The van der Waals surface area contributed by atoms with E-state index in [0.717, 1.165) is 6.42 Å². The first-order valence-electron chi connectivity index (χ1n) is 18.8. The van der Waals surface area contributed by atoms with Gasteiger partial charge in [0.15, 0.2) is 0 Å². The maximum atomic E-state index is 2.35. The predicted octanol–water partition coefficient (Wildman–Crippen LogP) is 13.5. The zero-order chi connectivity index (χ0) is 37.5. The van der Waals surface area contributed by atoms with Gasteiger partial charge in [-0.2, -0.15) is 0 Å². The third-order valence-corrected chi connectivity index (χ3v) is 9.50. The van der Waals surface area contributed by atoms with Crippen LogP contribution < -0.4 is 10.4 Å². The Kier molecular flexibility index (Phi) is 15.0. The second kappa shape index (κ2) is 19.8. The molecule has 52 heavy (non-hydrogen) atoms. The van der Waals surface area contributed by atoms with Gasteiger partial charge < -0.3 is 0 Å². The number of rotatable bonds is 10. The molecular formula is C52H56. The highest BCUT2D eigenvalue weighted by atomic mass is 14.2. The molecular weight excluding hydrogens is 625 g/mol. The summed E-state index contributed by atoms with van der Waals surface area (Å²) in [7, 11) is 0. The second-order valence-corrected chi connectivity index (χ2v) is 13.0. The van der Waals surface area contributed by atoms with Crippen LogP contribution in [0.5, 0.6) is 0 Å². The molecule has 0 N–H and O–H groups in total. The van der Waals surface area contributed by atoms with Crippen molar-refractivity contribution in [2.75, 3.05) is 0 Å². The highest BCUT2D eigenvalue weighted by Crippen LogP contribution is 2.33. The summed E-state index contributed by atoms with van der Waals surface area (Å²) in [4.78, 5) is 0. The summed E-state index contributed by atoms with van der Waals surface area (Å²) >= 11 is 0. The number of hydrogen-bond acceptors (Lipinski definition) is 0. The van der Waals surface area contributed by atoms with Crippen molar-refractivity contribution in [1.29, 1.82) is 0 Å². The van der Waals surface area contributed by atoms with E-state index in [2.05, 4.69) is 212 Å². The third-order valence-electron chi connectivity index (χ3n) is 9.50. The normalized spacial score (nSPS) is 14.1. The van der Waals surface area contributed by atoms with Crippen molar-refractivity contribution in [1.82, 2.24) is 0 Å². The van der Waals surface area contributed by atoms with Crippen molar-refractivity contribution in [3.05, 3.63) is 207 Å². The molecule has 0 aliphatic carbocycles. The molecule has 0 unspecified atom stereocenters. The van der Waals surface area contributed by atoms with Crippen LogP contribution in [0.4, 0.5) is 0 Å². The first-order valence-corrected chi connectivity index (χ1v) is 18.8. The average Bonchev–Trinajstić information content (AvgIpc) is 3.20. The van der Waals surface area contributed by atoms with Crippen LogP contribution in [0.25, 0.3) is 39.1 Å². The van der Waals surface area contributed by atoms with Gasteiger partial charge in [0.25, 0.3) is 0 Å². The zero-order valence-electron chi connectivity index (χ0n) is 32.8. The van der Waals surface area contributed by atoms with E-state index >= 15 is 0 Å². The van der Waals surface area contributed by atoms with Gasteiger partial charge in [-0.05, 0) is 143 Å². The molecule has 0 fully saturated rings. The van der Waals surface area contributed by atoms with Gasteiger partial charge in [0.05, 0.1) is 0 Å². The lowest BCUT2D eigenvalue weighted by Gasteiger charge is -2.16. The molecule has 0 atom stereocenters. The van der Waals surface area contributed by atoms with E-state index in [4.69, 9.17) is 0 Å². The van der Waals surface area contributed by atoms with Crippen LogP contribution >= 0.6 is 0 Å². The molecule has 0 saturated carbocycles. The molecule has 0 aliphatic rings. The second-order valence-electron chi connectivity index (χ2n) is 13.0. The van der Waals surface area contributed by atoms with E-state index in [0.29, 0.717) is 0 Å². The number of allylic oxidation sites excluding steroid dienone is 12. The summed E-state index contributed by atoms with van der Waals surface area (Å²) in [5.41, 5.74) is 13.7. The molecule has 0 aliphatic heterocycles. The standard InChI is InChI=1S/C50H50.C2H6/c1-8-11-18-42-21-15-16-24-49(42)50(48(10-3)46-32-31-44-33-40(9-2)29-30-45(44)35-46)47-23-17-22-43(34-47)39(7)28-26-37(5)36(4)25-27-38(6)41-19-13-12-14-20-41;1-2/h8,10-35H,9H2,1-7H3;1-2H3/b11-8+,36-25+,37-26+,38-27+,39-28+,42-18-,48-10+,50-49-;. The number of hydrogen-bond donors (Lipinski definition) is 0. The molecule has 0 aromatic heterocycles. The summed E-state index contributed by atoms with van der Waals surface area (Å²) < 4.78 is 0. The Morgan fingerprint density at radius 1 is 0.538 bits per heavy atom. The van der Waals surface area contributed by atoms with E-state index in [-0.39, 0.29) is 0 Å². The molecule has 0 spiro atoms. The van der Waals surface area contributed by atoms with Crippen molar-refractivity contribution >= 4 is 39.1 Å². The number of fused-ring (bicyclic) bond motifs is 1. The van der Waals surface area contributed by atoms with Gasteiger partial charge >= 0.3 is 0 Å². The van der Waals surface area contributed by atoms with Crippen molar-refractivity contribution in [2.24, 2.45) is 0 Å². The average molecular weight is 681 g/mol. The molecule has 0 heteroatoms. The topological polar surface area (TPSA) is 0 Å². The number of aryl methyl sites for hydroxylation is 1. The van der Waals surface area contributed by atoms with E-state index in [1.54, 1.807) is 0 Å². The Bertz CT molecular complexity index is 2280. The summed E-state index contributed by atoms with van der Waals surface area (Å²) in [5.74, 6) is 0. The Labute approximate surface area is 314 Å². The van der Waals surface area contributed by atoms with Gasteiger partial charge in [0.1, 0.15) is 0 Å². The summed E-state index contributed by atoms with van der Waals surface area (Å²) in [5, 5.41) is 4.96. The Hall–Kier alpha value is -5.46. The zero-order valence-corrected chi connectivity index (χ0v) is 32.8. The summed E-state index contributed by atoms with van der Waals surface area (Å²) in [6, 6.07) is 42.0. The maximum absolute atomic E-state index is 2.35. The van der Waals surface area contributed by atoms with Crippen molar-refractivity contribution in [2.45, 2.75) is 68.7 Å². The van der Waals surface area contributed by atoms with E-state index in [9.17, 15) is 0 Å². The quantitative estimate of drug-likeness (QED) is 0.129. The highest BCUT2D eigenvalue weighted by Gasteiger charge is 2.14. The van der Waals surface area contributed by atoms with Crippen LogP contribution in [0.2, 0.25) is 0 Å². The predicted molar refractivity (Wildman–Crippen MR) is 234 cm³/mol.